The van der Waals surface area contributed by atoms with Gasteiger partial charge in [-0.25, -0.2) is 0 Å². The number of benzene rings is 1. The molecule has 2 rings (SSSR count). The van der Waals surface area contributed by atoms with Gasteiger partial charge in [-0.15, -0.1) is 0 Å². The largest absolute Gasteiger partial charge is 0.459 e. The summed E-state index contributed by atoms with van der Waals surface area (Å²) in [6.45, 7) is 8.48. The molecule has 1 N–H and O–H groups in total. The summed E-state index contributed by atoms with van der Waals surface area (Å²) in [4.78, 5) is 2.41. The van der Waals surface area contributed by atoms with Gasteiger partial charge in [0.05, 0.1) is 6.54 Å². The highest BCUT2D eigenvalue weighted by molar-refractivity contribution is 5.82. The van der Waals surface area contributed by atoms with Crippen LogP contribution in [0.25, 0.3) is 11.0 Å². The number of nitrogens with zero attached hydrogens (tertiary/aromatic N) is 1. The molecule has 0 spiro atoms. The van der Waals surface area contributed by atoms with Crippen LogP contribution in [-0.4, -0.2) is 24.5 Å². The monoisotopic (exact) mass is 274 g/mol. The minimum Gasteiger partial charge on any atom is -0.459 e. The van der Waals surface area contributed by atoms with E-state index in [1.54, 1.807) is 0 Å². The van der Waals surface area contributed by atoms with Crippen molar-refractivity contribution in [1.29, 1.82) is 0 Å². The number of hydrogen-bond donors (Lipinski definition) is 1. The molecule has 3 heteroatoms. The molecule has 110 valence electrons. The van der Waals surface area contributed by atoms with Gasteiger partial charge in [0.15, 0.2) is 0 Å². The van der Waals surface area contributed by atoms with E-state index in [1.165, 1.54) is 10.9 Å². The molecule has 2 aromatic rings. The number of rotatable bonds is 6. The van der Waals surface area contributed by atoms with Gasteiger partial charge in [0.25, 0.3) is 0 Å². The lowest BCUT2D eigenvalue weighted by Gasteiger charge is -2.34. The highest BCUT2D eigenvalue weighted by Gasteiger charge is 2.24. The molecule has 0 aliphatic heterocycles. The Balaban J connectivity index is 2.39. The molecule has 1 heterocycles. The van der Waals surface area contributed by atoms with E-state index in [4.69, 9.17) is 4.42 Å². The van der Waals surface area contributed by atoms with Crippen molar-refractivity contribution in [2.24, 2.45) is 0 Å². The Kier molecular flexibility index (Phi) is 4.51. The van der Waals surface area contributed by atoms with E-state index < -0.39 is 0 Å². The lowest BCUT2D eigenvalue weighted by Crippen LogP contribution is -2.40. The van der Waals surface area contributed by atoms with E-state index in [1.807, 2.05) is 19.2 Å². The fourth-order valence-corrected chi connectivity index (χ4v) is 2.35. The molecular formula is C17H26N2O. The maximum Gasteiger partial charge on any atom is 0.134 e. The quantitative estimate of drug-likeness (QED) is 0.869. The Labute approximate surface area is 122 Å². The van der Waals surface area contributed by atoms with Crippen LogP contribution in [0.4, 0.5) is 0 Å². The first kappa shape index (κ1) is 15.1. The minimum absolute atomic E-state index is 0.190. The minimum atomic E-state index is 0.190. The normalized spacial score (nSPS) is 12.5. The van der Waals surface area contributed by atoms with Crippen molar-refractivity contribution in [3.63, 3.8) is 0 Å². The van der Waals surface area contributed by atoms with Crippen LogP contribution in [0.15, 0.2) is 28.7 Å². The number of hydrogen-bond acceptors (Lipinski definition) is 3. The fourth-order valence-electron chi connectivity index (χ4n) is 2.35. The highest BCUT2D eigenvalue weighted by atomic mass is 16.3. The van der Waals surface area contributed by atoms with Crippen molar-refractivity contribution in [3.8, 4) is 0 Å². The first-order valence-corrected chi connectivity index (χ1v) is 7.34. The summed E-state index contributed by atoms with van der Waals surface area (Å²) in [7, 11) is 4.14. The first-order valence-electron chi connectivity index (χ1n) is 7.34. The van der Waals surface area contributed by atoms with E-state index in [0.717, 1.165) is 30.9 Å². The number of para-hydroxylation sites is 1. The summed E-state index contributed by atoms with van der Waals surface area (Å²) in [5.74, 6) is 1.05. The van der Waals surface area contributed by atoms with Crippen molar-refractivity contribution in [2.45, 2.75) is 45.8 Å². The van der Waals surface area contributed by atoms with Crippen LogP contribution < -0.4 is 5.32 Å². The molecule has 20 heavy (non-hydrogen) atoms. The molecular weight excluding hydrogens is 248 g/mol. The van der Waals surface area contributed by atoms with Crippen LogP contribution in [0.3, 0.4) is 0 Å². The van der Waals surface area contributed by atoms with Crippen molar-refractivity contribution >= 4 is 11.0 Å². The third kappa shape index (κ3) is 2.89. The molecule has 0 saturated heterocycles. The molecule has 0 amide bonds. The maximum absolute atomic E-state index is 6.00. The molecule has 0 aliphatic carbocycles. The molecule has 0 radical (unpaired) electrons. The lowest BCUT2D eigenvalue weighted by molar-refractivity contribution is 0.142. The molecule has 0 bridgehead atoms. The predicted octanol–water partition coefficient (Wildman–Crippen LogP) is 3.77. The summed E-state index contributed by atoms with van der Waals surface area (Å²) < 4.78 is 6.00. The summed E-state index contributed by atoms with van der Waals surface area (Å²) in [5.41, 5.74) is 2.48. The van der Waals surface area contributed by atoms with Gasteiger partial charge < -0.3 is 9.73 Å². The van der Waals surface area contributed by atoms with Gasteiger partial charge in [-0.05, 0) is 40.4 Å². The van der Waals surface area contributed by atoms with Crippen LogP contribution in [0.2, 0.25) is 0 Å². The molecule has 0 fully saturated rings. The predicted molar refractivity (Wildman–Crippen MR) is 84.8 cm³/mol. The molecule has 1 aromatic carbocycles. The topological polar surface area (TPSA) is 28.4 Å². The Morgan fingerprint density at radius 3 is 2.60 bits per heavy atom. The van der Waals surface area contributed by atoms with Gasteiger partial charge in [0, 0.05) is 23.0 Å². The van der Waals surface area contributed by atoms with Crippen molar-refractivity contribution in [2.75, 3.05) is 14.1 Å². The standard InChI is InChI=1S/C17H26N2O/c1-6-17(2,3)19(5)12-14-13-9-7-8-10-15(13)20-16(14)11-18-4/h7-10,18H,6,11-12H2,1-5H3. The van der Waals surface area contributed by atoms with Crippen LogP contribution in [-0.2, 0) is 13.1 Å². The SMILES string of the molecule is CCC(C)(C)N(C)Cc1c(CNC)oc2ccccc12. The summed E-state index contributed by atoms with van der Waals surface area (Å²) in [5, 5.41) is 4.43. The second-order valence-electron chi connectivity index (χ2n) is 6.05. The molecule has 0 saturated carbocycles. The van der Waals surface area contributed by atoms with Crippen LogP contribution in [0, 0.1) is 0 Å². The summed E-state index contributed by atoms with van der Waals surface area (Å²) >= 11 is 0. The van der Waals surface area contributed by atoms with Gasteiger partial charge in [-0.1, -0.05) is 25.1 Å². The van der Waals surface area contributed by atoms with Gasteiger partial charge >= 0.3 is 0 Å². The van der Waals surface area contributed by atoms with Crippen LogP contribution >= 0.6 is 0 Å². The van der Waals surface area contributed by atoms with Gasteiger partial charge in [0.1, 0.15) is 11.3 Å². The Morgan fingerprint density at radius 2 is 1.95 bits per heavy atom. The number of fused-ring (bicyclic) bond motifs is 1. The van der Waals surface area contributed by atoms with E-state index in [2.05, 4.69) is 50.2 Å². The average molecular weight is 274 g/mol. The van der Waals surface area contributed by atoms with Crippen molar-refractivity contribution < 1.29 is 4.42 Å². The Bertz CT molecular complexity index is 571. The molecule has 0 atom stereocenters. The Morgan fingerprint density at radius 1 is 1.25 bits per heavy atom. The maximum atomic E-state index is 6.00. The van der Waals surface area contributed by atoms with E-state index >= 15 is 0 Å². The van der Waals surface area contributed by atoms with Gasteiger partial charge in [0.2, 0.25) is 0 Å². The van der Waals surface area contributed by atoms with Crippen molar-refractivity contribution in [1.82, 2.24) is 10.2 Å². The third-order valence-electron chi connectivity index (χ3n) is 4.41. The average Bonchev–Trinajstić information content (AvgIpc) is 2.77. The zero-order valence-electron chi connectivity index (χ0n) is 13.3. The summed E-state index contributed by atoms with van der Waals surface area (Å²) in [6.07, 6.45) is 1.13. The zero-order valence-corrected chi connectivity index (χ0v) is 13.3. The van der Waals surface area contributed by atoms with Crippen LogP contribution in [0.5, 0.6) is 0 Å². The second kappa shape index (κ2) is 5.98. The van der Waals surface area contributed by atoms with Gasteiger partial charge in [-0.2, -0.15) is 0 Å². The lowest BCUT2D eigenvalue weighted by atomic mass is 9.98. The molecule has 3 nitrogen and oxygen atoms in total. The first-order chi connectivity index (χ1) is 9.49. The fraction of sp³-hybridized carbons (Fsp3) is 0.529. The van der Waals surface area contributed by atoms with E-state index in [-0.39, 0.29) is 5.54 Å². The third-order valence-corrected chi connectivity index (χ3v) is 4.41. The Hall–Kier alpha value is -1.32. The second-order valence-corrected chi connectivity index (χ2v) is 6.05. The highest BCUT2D eigenvalue weighted by Crippen LogP contribution is 2.29. The molecule has 1 aromatic heterocycles. The van der Waals surface area contributed by atoms with Gasteiger partial charge in [-0.3, -0.25) is 4.90 Å². The number of nitrogens with one attached hydrogen (secondary N) is 1. The van der Waals surface area contributed by atoms with E-state index in [9.17, 15) is 0 Å². The smallest absolute Gasteiger partial charge is 0.134 e. The summed E-state index contributed by atoms with van der Waals surface area (Å²) in [6, 6.07) is 8.30. The van der Waals surface area contributed by atoms with E-state index in [0.29, 0.717) is 0 Å². The number of furan rings is 1. The molecule has 0 aliphatic rings. The zero-order chi connectivity index (χ0) is 14.8. The van der Waals surface area contributed by atoms with Crippen molar-refractivity contribution in [3.05, 3.63) is 35.6 Å². The van der Waals surface area contributed by atoms with Crippen LogP contribution in [0.1, 0.15) is 38.5 Å². The molecule has 0 unspecified atom stereocenters.